The minimum Gasteiger partial charge on any atom is -0.324 e. The highest BCUT2D eigenvalue weighted by atomic mass is 19.2. The number of nitrogens with zero attached hydrogens (tertiary/aromatic N) is 5. The fraction of sp³-hybridized carbons (Fsp3) is 0.143. The van der Waals surface area contributed by atoms with Crippen molar-refractivity contribution in [3.05, 3.63) is 126 Å². The predicted molar refractivity (Wildman–Crippen MR) is 171 cm³/mol. The Kier molecular flexibility index (Phi) is 7.26. The zero-order valence-electron chi connectivity index (χ0n) is 24.6. The Hall–Kier alpha value is -5.48. The lowest BCUT2D eigenvalue weighted by molar-refractivity contribution is 0.102. The first-order chi connectivity index (χ1) is 21.8. The van der Waals surface area contributed by atoms with E-state index in [1.165, 1.54) is 23.3 Å². The number of carbonyl (C=O) groups is 1. The predicted octanol–water partition coefficient (Wildman–Crippen LogP) is 6.76. The van der Waals surface area contributed by atoms with Gasteiger partial charge in [0, 0.05) is 35.4 Å². The van der Waals surface area contributed by atoms with Crippen LogP contribution in [0, 0.1) is 11.6 Å². The number of amides is 1. The number of pyridine rings is 1. The van der Waals surface area contributed by atoms with E-state index in [0.717, 1.165) is 30.3 Å². The molecule has 224 valence electrons. The fourth-order valence-electron chi connectivity index (χ4n) is 5.78. The summed E-state index contributed by atoms with van der Waals surface area (Å²) in [6, 6.07) is 25.0. The highest BCUT2D eigenvalue weighted by molar-refractivity contribution is 6.04. The Morgan fingerprint density at radius 2 is 1.73 bits per heavy atom. The number of anilines is 3. The molecule has 1 aliphatic rings. The molecule has 2 N–H and O–H groups in total. The van der Waals surface area contributed by atoms with E-state index in [-0.39, 0.29) is 5.56 Å². The molecule has 0 saturated heterocycles. The van der Waals surface area contributed by atoms with E-state index >= 15 is 0 Å². The summed E-state index contributed by atoms with van der Waals surface area (Å²) < 4.78 is 29.9. The van der Waals surface area contributed by atoms with Crippen LogP contribution in [0.3, 0.4) is 0 Å². The maximum absolute atomic E-state index is 14.3. The molecule has 8 nitrogen and oxygen atoms in total. The summed E-state index contributed by atoms with van der Waals surface area (Å²) in [7, 11) is 4.23. The third-order valence-electron chi connectivity index (χ3n) is 8.12. The van der Waals surface area contributed by atoms with E-state index in [0.29, 0.717) is 40.3 Å². The Bertz CT molecular complexity index is 2070. The van der Waals surface area contributed by atoms with Gasteiger partial charge in [0.05, 0.1) is 22.6 Å². The van der Waals surface area contributed by atoms with Crippen LogP contribution in [0.2, 0.25) is 0 Å². The molecule has 3 heterocycles. The molecular weight excluding hydrogens is 572 g/mol. The SMILES string of the molecule is CN(C)C1Cc2ccc(Nc3nccc(-c4c(-c5cccc(NC(=O)c6cccc(F)c6F)c5)nc5ccccn45)n3)cc2C1. The lowest BCUT2D eigenvalue weighted by atomic mass is 10.1. The number of hydrogen-bond donors (Lipinski definition) is 2. The van der Waals surface area contributed by atoms with E-state index in [9.17, 15) is 13.6 Å². The third-order valence-corrected chi connectivity index (χ3v) is 8.12. The van der Waals surface area contributed by atoms with Crippen LogP contribution in [-0.4, -0.2) is 50.3 Å². The number of fused-ring (bicyclic) bond motifs is 2. The normalized spacial score (nSPS) is 14.1. The number of imidazole rings is 1. The van der Waals surface area contributed by atoms with Crippen molar-refractivity contribution < 1.29 is 13.6 Å². The number of halogens is 2. The van der Waals surface area contributed by atoms with Crippen LogP contribution in [-0.2, 0) is 12.8 Å². The van der Waals surface area contributed by atoms with E-state index in [4.69, 9.17) is 9.97 Å². The molecule has 0 bridgehead atoms. The highest BCUT2D eigenvalue weighted by Gasteiger charge is 2.24. The van der Waals surface area contributed by atoms with Crippen molar-refractivity contribution >= 4 is 28.9 Å². The second-order valence-corrected chi connectivity index (χ2v) is 11.3. The van der Waals surface area contributed by atoms with Crippen molar-refractivity contribution in [2.75, 3.05) is 24.7 Å². The topological polar surface area (TPSA) is 87.5 Å². The van der Waals surface area contributed by atoms with E-state index in [1.807, 2.05) is 40.9 Å². The highest BCUT2D eigenvalue weighted by Crippen LogP contribution is 2.34. The lowest BCUT2D eigenvalue weighted by Gasteiger charge is -2.17. The minimum absolute atomic E-state index is 0.379. The molecule has 1 aliphatic carbocycles. The van der Waals surface area contributed by atoms with Gasteiger partial charge in [0.1, 0.15) is 5.65 Å². The number of rotatable bonds is 7. The first kappa shape index (κ1) is 28.3. The van der Waals surface area contributed by atoms with Crippen LogP contribution in [0.25, 0.3) is 28.3 Å². The van der Waals surface area contributed by atoms with Gasteiger partial charge in [-0.2, -0.15) is 0 Å². The molecule has 10 heteroatoms. The molecule has 45 heavy (non-hydrogen) atoms. The second kappa shape index (κ2) is 11.5. The summed E-state index contributed by atoms with van der Waals surface area (Å²) in [6.07, 6.45) is 5.66. The van der Waals surface area contributed by atoms with Crippen molar-refractivity contribution in [2.45, 2.75) is 18.9 Å². The summed E-state index contributed by atoms with van der Waals surface area (Å²) in [4.78, 5) is 29.3. The van der Waals surface area contributed by atoms with E-state index < -0.39 is 17.5 Å². The van der Waals surface area contributed by atoms with Crippen molar-refractivity contribution in [3.63, 3.8) is 0 Å². The summed E-state index contributed by atoms with van der Waals surface area (Å²) in [6.45, 7) is 0. The number of hydrogen-bond acceptors (Lipinski definition) is 6. The first-order valence-corrected chi connectivity index (χ1v) is 14.6. The molecule has 0 radical (unpaired) electrons. The molecule has 1 amide bonds. The van der Waals surface area contributed by atoms with Crippen LogP contribution in [0.1, 0.15) is 21.5 Å². The minimum atomic E-state index is -1.19. The van der Waals surface area contributed by atoms with Gasteiger partial charge in [-0.3, -0.25) is 9.20 Å². The third kappa shape index (κ3) is 5.51. The largest absolute Gasteiger partial charge is 0.324 e. The molecule has 0 fully saturated rings. The summed E-state index contributed by atoms with van der Waals surface area (Å²) in [5.74, 6) is -2.59. The van der Waals surface area contributed by atoms with Gasteiger partial charge in [-0.15, -0.1) is 0 Å². The summed E-state index contributed by atoms with van der Waals surface area (Å²) >= 11 is 0. The standard InChI is InChI=1S/C35H29F2N7O/c1-43(2)26-19-21-12-13-25(18-23(21)20-26)40-35-38-15-14-29(41-35)33-32(42-30-11-3-4-16-44(30)33)22-7-5-8-24(17-22)39-34(45)27-9-6-10-28(36)31(27)37/h3-18,26H,19-20H2,1-2H3,(H,39,45)(H,38,40,41). The number of carbonyl (C=O) groups excluding carboxylic acids is 1. The van der Waals surface area contributed by atoms with Crippen LogP contribution >= 0.6 is 0 Å². The van der Waals surface area contributed by atoms with Gasteiger partial charge >= 0.3 is 0 Å². The molecule has 3 aromatic carbocycles. The van der Waals surface area contributed by atoms with Crippen LogP contribution in [0.15, 0.2) is 97.3 Å². The van der Waals surface area contributed by atoms with Gasteiger partial charge in [0.15, 0.2) is 11.6 Å². The number of aromatic nitrogens is 4. The van der Waals surface area contributed by atoms with Gasteiger partial charge in [-0.05, 0) is 92.7 Å². The number of benzene rings is 3. The molecule has 7 rings (SSSR count). The Balaban J connectivity index is 1.21. The Morgan fingerprint density at radius 3 is 2.60 bits per heavy atom. The van der Waals surface area contributed by atoms with Crippen molar-refractivity contribution in [3.8, 4) is 22.6 Å². The quantitative estimate of drug-likeness (QED) is 0.210. The number of likely N-dealkylation sites (N-methyl/N-ethyl adjacent to an activating group) is 1. The lowest BCUT2D eigenvalue weighted by Crippen LogP contribution is -2.27. The Morgan fingerprint density at radius 1 is 0.889 bits per heavy atom. The first-order valence-electron chi connectivity index (χ1n) is 14.6. The van der Waals surface area contributed by atoms with Crippen molar-refractivity contribution in [2.24, 2.45) is 0 Å². The van der Waals surface area contributed by atoms with Gasteiger partial charge in [-0.1, -0.05) is 30.3 Å². The molecule has 0 spiro atoms. The summed E-state index contributed by atoms with van der Waals surface area (Å²) in [5, 5.41) is 6.05. The zero-order chi connectivity index (χ0) is 31.1. The molecule has 0 aliphatic heterocycles. The Labute approximate surface area is 258 Å². The average Bonchev–Trinajstić information content (AvgIpc) is 3.65. The van der Waals surface area contributed by atoms with Gasteiger partial charge in [0.2, 0.25) is 5.95 Å². The van der Waals surface area contributed by atoms with Gasteiger partial charge in [-0.25, -0.2) is 23.7 Å². The summed E-state index contributed by atoms with van der Waals surface area (Å²) in [5.41, 5.74) is 7.06. The molecule has 0 saturated carbocycles. The molecule has 1 unspecified atom stereocenters. The zero-order valence-corrected chi connectivity index (χ0v) is 24.6. The molecule has 1 atom stereocenters. The van der Waals surface area contributed by atoms with E-state index in [1.54, 1.807) is 24.4 Å². The monoisotopic (exact) mass is 601 g/mol. The second-order valence-electron chi connectivity index (χ2n) is 11.3. The maximum Gasteiger partial charge on any atom is 0.258 e. The van der Waals surface area contributed by atoms with Crippen molar-refractivity contribution in [1.82, 2.24) is 24.3 Å². The van der Waals surface area contributed by atoms with Crippen LogP contribution < -0.4 is 10.6 Å². The number of nitrogens with one attached hydrogen (secondary N) is 2. The maximum atomic E-state index is 14.3. The van der Waals surface area contributed by atoms with Crippen LogP contribution in [0.5, 0.6) is 0 Å². The smallest absolute Gasteiger partial charge is 0.258 e. The molecule has 3 aromatic heterocycles. The van der Waals surface area contributed by atoms with Gasteiger partial charge in [0.25, 0.3) is 5.91 Å². The molecule has 6 aromatic rings. The van der Waals surface area contributed by atoms with Crippen LogP contribution in [0.4, 0.5) is 26.1 Å². The fourth-order valence-corrected chi connectivity index (χ4v) is 5.78. The van der Waals surface area contributed by atoms with E-state index in [2.05, 4.69) is 52.8 Å². The van der Waals surface area contributed by atoms with Crippen molar-refractivity contribution in [1.29, 1.82) is 0 Å². The average molecular weight is 602 g/mol. The van der Waals surface area contributed by atoms with Gasteiger partial charge < -0.3 is 15.5 Å². The molecular formula is C35H29F2N7O.